The minimum absolute atomic E-state index is 0.216. The molecule has 0 unspecified atom stereocenters. The summed E-state index contributed by atoms with van der Waals surface area (Å²) in [7, 11) is 0. The van der Waals surface area contributed by atoms with Crippen LogP contribution < -0.4 is 10.3 Å². The van der Waals surface area contributed by atoms with Crippen LogP contribution in [0.4, 0.5) is 0 Å². The standard InChI is InChI=1S/C26H20BrCl2I2N3O2/c1-26(2,3)25-33-22-7-5-16(27)10-18(22)24(35)34(25)32-12-14-8-20(30)23(21(31)9-14)36-13-15-4-6-17(28)11-19(15)29/h4-12H,13H2,1-3H3. The quantitative estimate of drug-likeness (QED) is 0.150. The summed E-state index contributed by atoms with van der Waals surface area (Å²) >= 11 is 20.2. The monoisotopic (exact) mass is 809 g/mol. The number of benzene rings is 3. The fourth-order valence-electron chi connectivity index (χ4n) is 3.45. The zero-order valence-electron chi connectivity index (χ0n) is 19.5. The molecule has 0 aliphatic heterocycles. The fourth-order valence-corrected chi connectivity index (χ4v) is 6.40. The van der Waals surface area contributed by atoms with Gasteiger partial charge in [-0.1, -0.05) is 66.0 Å². The molecule has 0 radical (unpaired) electrons. The smallest absolute Gasteiger partial charge is 0.282 e. The maximum Gasteiger partial charge on any atom is 0.282 e. The van der Waals surface area contributed by atoms with Crippen molar-refractivity contribution < 1.29 is 4.74 Å². The highest BCUT2D eigenvalue weighted by atomic mass is 127. The van der Waals surface area contributed by atoms with Crippen molar-refractivity contribution in [3.8, 4) is 5.75 Å². The van der Waals surface area contributed by atoms with Gasteiger partial charge in [-0.25, -0.2) is 4.98 Å². The Labute approximate surface area is 254 Å². The molecule has 0 bridgehead atoms. The molecule has 0 aliphatic rings. The molecule has 0 spiro atoms. The third-order valence-corrected chi connectivity index (χ3v) is 7.89. The first-order valence-corrected chi connectivity index (χ1v) is 14.5. The van der Waals surface area contributed by atoms with Gasteiger partial charge in [0.05, 0.1) is 24.3 Å². The molecule has 0 N–H and O–H groups in total. The fraction of sp³-hybridized carbons (Fsp3) is 0.192. The Morgan fingerprint density at radius 3 is 2.42 bits per heavy atom. The first-order valence-electron chi connectivity index (χ1n) is 10.8. The molecule has 0 saturated carbocycles. The summed E-state index contributed by atoms with van der Waals surface area (Å²) in [6.45, 7) is 6.35. The van der Waals surface area contributed by atoms with Crippen molar-refractivity contribution in [1.82, 2.24) is 9.66 Å². The van der Waals surface area contributed by atoms with E-state index in [9.17, 15) is 4.79 Å². The number of hydrogen-bond acceptors (Lipinski definition) is 4. The molecule has 4 aromatic rings. The van der Waals surface area contributed by atoms with Gasteiger partial charge in [-0.15, -0.1) is 0 Å². The van der Waals surface area contributed by atoms with E-state index in [1.807, 2.05) is 51.1 Å². The van der Waals surface area contributed by atoms with Crippen molar-refractivity contribution in [2.24, 2.45) is 5.10 Å². The number of hydrogen-bond donors (Lipinski definition) is 0. The molecule has 186 valence electrons. The van der Waals surface area contributed by atoms with Crippen LogP contribution in [0.15, 0.2) is 62.9 Å². The lowest BCUT2D eigenvalue weighted by molar-refractivity contribution is 0.302. The van der Waals surface area contributed by atoms with Gasteiger partial charge >= 0.3 is 0 Å². The average molecular weight is 811 g/mol. The summed E-state index contributed by atoms with van der Waals surface area (Å²) in [5.41, 5.74) is 1.73. The highest BCUT2D eigenvalue weighted by Gasteiger charge is 2.23. The van der Waals surface area contributed by atoms with E-state index in [-0.39, 0.29) is 11.0 Å². The first kappa shape index (κ1) is 27.8. The van der Waals surface area contributed by atoms with Crippen molar-refractivity contribution in [1.29, 1.82) is 0 Å². The zero-order valence-corrected chi connectivity index (χ0v) is 26.9. The molecule has 0 amide bonds. The van der Waals surface area contributed by atoms with E-state index in [1.54, 1.807) is 24.4 Å². The summed E-state index contributed by atoms with van der Waals surface area (Å²) in [5, 5.41) is 6.22. The highest BCUT2D eigenvalue weighted by Crippen LogP contribution is 2.31. The molecule has 0 saturated heterocycles. The van der Waals surface area contributed by atoms with E-state index < -0.39 is 0 Å². The van der Waals surface area contributed by atoms with Gasteiger partial charge in [-0.05, 0) is 93.2 Å². The van der Waals surface area contributed by atoms with Crippen molar-refractivity contribution in [3.63, 3.8) is 0 Å². The molecular formula is C26H20BrCl2I2N3O2. The van der Waals surface area contributed by atoms with Crippen LogP contribution in [0, 0.1) is 7.14 Å². The highest BCUT2D eigenvalue weighted by molar-refractivity contribution is 14.1. The predicted molar refractivity (Wildman–Crippen MR) is 168 cm³/mol. The summed E-state index contributed by atoms with van der Waals surface area (Å²) in [5.74, 6) is 1.34. The van der Waals surface area contributed by atoms with Crippen molar-refractivity contribution >= 4 is 101 Å². The van der Waals surface area contributed by atoms with E-state index in [1.165, 1.54) is 4.68 Å². The van der Waals surface area contributed by atoms with Crippen molar-refractivity contribution in [3.05, 3.63) is 97.5 Å². The molecule has 0 fully saturated rings. The van der Waals surface area contributed by atoms with Crippen LogP contribution in [0.3, 0.4) is 0 Å². The molecular weight excluding hydrogens is 791 g/mol. The molecule has 0 atom stereocenters. The lowest BCUT2D eigenvalue weighted by Gasteiger charge is -2.21. The normalized spacial score (nSPS) is 12.0. The lowest BCUT2D eigenvalue weighted by Crippen LogP contribution is -2.29. The Balaban J connectivity index is 1.68. The van der Waals surface area contributed by atoms with Gasteiger partial charge in [0.1, 0.15) is 18.2 Å². The Morgan fingerprint density at radius 2 is 1.78 bits per heavy atom. The van der Waals surface area contributed by atoms with Crippen LogP contribution in [-0.2, 0) is 12.0 Å². The van der Waals surface area contributed by atoms with Gasteiger partial charge in [0.2, 0.25) is 0 Å². The predicted octanol–water partition coefficient (Wildman–Crippen LogP) is 8.43. The van der Waals surface area contributed by atoms with E-state index in [0.717, 1.165) is 28.5 Å². The molecule has 36 heavy (non-hydrogen) atoms. The largest absolute Gasteiger partial charge is 0.487 e. The summed E-state index contributed by atoms with van der Waals surface area (Å²) in [6.07, 6.45) is 1.67. The van der Waals surface area contributed by atoms with Gasteiger partial charge in [-0.3, -0.25) is 4.79 Å². The minimum Gasteiger partial charge on any atom is -0.487 e. The summed E-state index contributed by atoms with van der Waals surface area (Å²) in [6, 6.07) is 14.7. The average Bonchev–Trinajstić information content (AvgIpc) is 2.78. The Morgan fingerprint density at radius 1 is 1.08 bits per heavy atom. The van der Waals surface area contributed by atoms with E-state index in [0.29, 0.717) is 33.4 Å². The van der Waals surface area contributed by atoms with Crippen LogP contribution in [-0.4, -0.2) is 15.9 Å². The van der Waals surface area contributed by atoms with Crippen LogP contribution >= 0.6 is 84.3 Å². The molecule has 10 heteroatoms. The van der Waals surface area contributed by atoms with Crippen LogP contribution in [0.25, 0.3) is 10.9 Å². The summed E-state index contributed by atoms with van der Waals surface area (Å²) < 4.78 is 10.1. The number of halogens is 5. The number of ether oxygens (including phenoxy) is 1. The second-order valence-corrected chi connectivity index (χ2v) is 13.1. The summed E-state index contributed by atoms with van der Waals surface area (Å²) in [4.78, 5) is 18.1. The molecule has 1 heterocycles. The zero-order chi connectivity index (χ0) is 26.2. The van der Waals surface area contributed by atoms with E-state index >= 15 is 0 Å². The number of aromatic nitrogens is 2. The minimum atomic E-state index is -0.388. The molecule has 3 aromatic carbocycles. The maximum absolute atomic E-state index is 13.4. The Kier molecular flexibility index (Phi) is 8.70. The third-order valence-electron chi connectivity index (χ3n) is 5.21. The van der Waals surface area contributed by atoms with Crippen molar-refractivity contribution in [2.75, 3.05) is 0 Å². The van der Waals surface area contributed by atoms with Crippen LogP contribution in [0.2, 0.25) is 10.0 Å². The van der Waals surface area contributed by atoms with Crippen LogP contribution in [0.1, 0.15) is 37.7 Å². The second-order valence-electron chi connectivity index (χ2n) is 9.05. The van der Waals surface area contributed by atoms with Gasteiger partial charge in [0, 0.05) is 25.5 Å². The van der Waals surface area contributed by atoms with Gasteiger partial charge in [0.25, 0.3) is 5.56 Å². The Hall–Kier alpha value is -1.21. The third kappa shape index (κ3) is 6.25. The topological polar surface area (TPSA) is 56.5 Å². The number of nitrogens with zero attached hydrogens (tertiary/aromatic N) is 3. The second kappa shape index (κ2) is 11.3. The number of rotatable bonds is 5. The molecule has 1 aromatic heterocycles. The van der Waals surface area contributed by atoms with Gasteiger partial charge in [-0.2, -0.15) is 9.78 Å². The SMILES string of the molecule is CC(C)(C)c1nc2ccc(Br)cc2c(=O)n1N=Cc1cc(I)c(OCc2ccc(Cl)cc2Cl)c(I)c1. The van der Waals surface area contributed by atoms with E-state index in [2.05, 4.69) is 66.2 Å². The molecule has 4 rings (SSSR count). The number of fused-ring (bicyclic) bond motifs is 1. The molecule has 5 nitrogen and oxygen atoms in total. The maximum atomic E-state index is 13.4. The molecule has 0 aliphatic carbocycles. The first-order chi connectivity index (χ1) is 16.9. The van der Waals surface area contributed by atoms with Gasteiger partial charge < -0.3 is 4.74 Å². The van der Waals surface area contributed by atoms with Crippen LogP contribution in [0.5, 0.6) is 5.75 Å². The lowest BCUT2D eigenvalue weighted by atomic mass is 9.95. The Bertz CT molecular complexity index is 1540. The van der Waals surface area contributed by atoms with E-state index in [4.69, 9.17) is 32.9 Å². The van der Waals surface area contributed by atoms with Crippen molar-refractivity contribution in [2.45, 2.75) is 32.8 Å². The van der Waals surface area contributed by atoms with Gasteiger partial charge in [0.15, 0.2) is 0 Å².